The first-order valence-electron chi connectivity index (χ1n) is 7.67. The lowest BCUT2D eigenvalue weighted by Crippen LogP contribution is -2.16. The molecular formula is C19H17N3O3. The molecule has 0 saturated carbocycles. The minimum Gasteiger partial charge on any atom is -0.340 e. The van der Waals surface area contributed by atoms with Crippen molar-refractivity contribution in [1.82, 2.24) is 10.0 Å². The van der Waals surface area contributed by atoms with Gasteiger partial charge in [-0.05, 0) is 29.8 Å². The number of aromatic nitrogens is 1. The largest absolute Gasteiger partial charge is 0.340 e. The molecule has 0 atom stereocenters. The van der Waals surface area contributed by atoms with E-state index in [2.05, 4.69) is 5.32 Å². The summed E-state index contributed by atoms with van der Waals surface area (Å²) in [6, 6.07) is 16.7. The Labute approximate surface area is 144 Å². The van der Waals surface area contributed by atoms with Crippen molar-refractivity contribution in [3.05, 3.63) is 71.9 Å². The Hall–Kier alpha value is -3.38. The van der Waals surface area contributed by atoms with Crippen molar-refractivity contribution in [2.45, 2.75) is 0 Å². The van der Waals surface area contributed by atoms with Crippen LogP contribution < -0.4 is 10.8 Å². The quantitative estimate of drug-likeness (QED) is 0.389. The summed E-state index contributed by atoms with van der Waals surface area (Å²) >= 11 is 0. The minimum atomic E-state index is -0.644. The molecule has 2 amide bonds. The predicted octanol–water partition coefficient (Wildman–Crippen LogP) is 2.95. The van der Waals surface area contributed by atoms with Crippen LogP contribution in [0, 0.1) is 0 Å². The van der Waals surface area contributed by atoms with Gasteiger partial charge in [0.2, 0.25) is 0 Å². The summed E-state index contributed by atoms with van der Waals surface area (Å²) < 4.78 is 1.84. The van der Waals surface area contributed by atoms with Crippen molar-refractivity contribution in [2.24, 2.45) is 7.05 Å². The van der Waals surface area contributed by atoms with Crippen LogP contribution in [0.1, 0.15) is 16.1 Å². The molecule has 0 radical (unpaired) electrons. The Kier molecular flexibility index (Phi) is 4.63. The fourth-order valence-corrected chi connectivity index (χ4v) is 2.65. The van der Waals surface area contributed by atoms with Crippen LogP contribution in [0.3, 0.4) is 0 Å². The summed E-state index contributed by atoms with van der Waals surface area (Å²) in [4.78, 5) is 23.8. The third-order valence-corrected chi connectivity index (χ3v) is 3.92. The Morgan fingerprint density at radius 2 is 1.80 bits per heavy atom. The lowest BCUT2D eigenvalue weighted by atomic mass is 10.1. The van der Waals surface area contributed by atoms with Gasteiger partial charge in [0, 0.05) is 29.7 Å². The van der Waals surface area contributed by atoms with Gasteiger partial charge in [0.25, 0.3) is 11.8 Å². The molecule has 1 heterocycles. The fraction of sp³-hybridized carbons (Fsp3) is 0.0526. The molecule has 126 valence electrons. The predicted molar refractivity (Wildman–Crippen MR) is 96.3 cm³/mol. The van der Waals surface area contributed by atoms with E-state index in [1.54, 1.807) is 24.3 Å². The molecule has 3 aromatic rings. The summed E-state index contributed by atoms with van der Waals surface area (Å²) in [7, 11) is 1.84. The van der Waals surface area contributed by atoms with E-state index in [4.69, 9.17) is 5.21 Å². The number of anilines is 1. The number of para-hydroxylation sites is 2. The van der Waals surface area contributed by atoms with Crippen LogP contribution in [-0.4, -0.2) is 21.6 Å². The second kappa shape index (κ2) is 7.02. The molecule has 0 fully saturated rings. The molecule has 3 rings (SSSR count). The topological polar surface area (TPSA) is 83.4 Å². The number of fused-ring (bicyclic) bond motifs is 1. The standard InChI is InChI=1S/C19H17N3O3/c1-22-16-9-5-3-7-14(16)12-17(22)19(24)20-15-8-4-2-6-13(15)10-11-18(23)21-25/h2-12,25H,1H3,(H,20,24)(H,21,23). The average Bonchev–Trinajstić information content (AvgIpc) is 2.98. The maximum absolute atomic E-state index is 12.7. The highest BCUT2D eigenvalue weighted by atomic mass is 16.5. The highest BCUT2D eigenvalue weighted by molar-refractivity contribution is 6.07. The van der Waals surface area contributed by atoms with Crippen molar-refractivity contribution in [3.63, 3.8) is 0 Å². The molecule has 6 heteroatoms. The van der Waals surface area contributed by atoms with Gasteiger partial charge in [0.1, 0.15) is 5.69 Å². The zero-order valence-electron chi connectivity index (χ0n) is 13.6. The van der Waals surface area contributed by atoms with Crippen molar-refractivity contribution < 1.29 is 14.8 Å². The molecule has 1 aromatic heterocycles. The first kappa shape index (κ1) is 16.5. The number of carbonyl (C=O) groups is 2. The molecule has 3 N–H and O–H groups in total. The molecular weight excluding hydrogens is 318 g/mol. The van der Waals surface area contributed by atoms with Crippen molar-refractivity contribution >= 4 is 34.5 Å². The third kappa shape index (κ3) is 3.44. The van der Waals surface area contributed by atoms with E-state index in [9.17, 15) is 9.59 Å². The Bertz CT molecular complexity index is 973. The lowest BCUT2D eigenvalue weighted by Gasteiger charge is -2.09. The van der Waals surface area contributed by atoms with Crippen LogP contribution in [0.15, 0.2) is 60.7 Å². The molecule has 0 aliphatic rings. The van der Waals surface area contributed by atoms with E-state index in [-0.39, 0.29) is 5.91 Å². The number of carbonyl (C=O) groups excluding carboxylic acids is 2. The van der Waals surface area contributed by atoms with Crippen LogP contribution in [-0.2, 0) is 11.8 Å². The lowest BCUT2D eigenvalue weighted by molar-refractivity contribution is -0.124. The van der Waals surface area contributed by atoms with Crippen LogP contribution >= 0.6 is 0 Å². The zero-order chi connectivity index (χ0) is 17.8. The maximum Gasteiger partial charge on any atom is 0.272 e. The minimum absolute atomic E-state index is 0.244. The van der Waals surface area contributed by atoms with E-state index in [1.807, 2.05) is 41.9 Å². The molecule has 25 heavy (non-hydrogen) atoms. The van der Waals surface area contributed by atoms with E-state index in [0.717, 1.165) is 10.9 Å². The number of hydroxylamine groups is 1. The van der Waals surface area contributed by atoms with Gasteiger partial charge < -0.3 is 9.88 Å². The van der Waals surface area contributed by atoms with Gasteiger partial charge in [-0.25, -0.2) is 5.48 Å². The van der Waals surface area contributed by atoms with E-state index in [1.165, 1.54) is 17.6 Å². The van der Waals surface area contributed by atoms with Gasteiger partial charge in [0.05, 0.1) is 0 Å². The SMILES string of the molecule is Cn1c(C(=O)Nc2ccccc2C=CC(=O)NO)cc2ccccc21. The first-order valence-corrected chi connectivity index (χ1v) is 7.67. The maximum atomic E-state index is 12.7. The second-order valence-electron chi connectivity index (χ2n) is 5.50. The summed E-state index contributed by atoms with van der Waals surface area (Å²) in [6.45, 7) is 0. The molecule has 0 aliphatic heterocycles. The average molecular weight is 335 g/mol. The number of nitrogens with one attached hydrogen (secondary N) is 2. The van der Waals surface area contributed by atoms with Crippen LogP contribution in [0.2, 0.25) is 0 Å². The molecule has 0 aliphatic carbocycles. The number of hydrogen-bond acceptors (Lipinski definition) is 3. The summed E-state index contributed by atoms with van der Waals surface area (Å²) in [6.07, 6.45) is 2.70. The molecule has 0 bridgehead atoms. The number of benzene rings is 2. The molecule has 0 saturated heterocycles. The van der Waals surface area contributed by atoms with Gasteiger partial charge in [0.15, 0.2) is 0 Å². The number of hydrogen-bond donors (Lipinski definition) is 3. The van der Waals surface area contributed by atoms with E-state index >= 15 is 0 Å². The van der Waals surface area contributed by atoms with Gasteiger partial charge >= 0.3 is 0 Å². The second-order valence-corrected chi connectivity index (χ2v) is 5.50. The summed E-state index contributed by atoms with van der Waals surface area (Å²) in [5, 5.41) is 12.4. The fourth-order valence-electron chi connectivity index (χ4n) is 2.65. The number of rotatable bonds is 4. The zero-order valence-corrected chi connectivity index (χ0v) is 13.6. The van der Waals surface area contributed by atoms with Crippen LogP contribution in [0.25, 0.3) is 17.0 Å². The number of aryl methyl sites for hydroxylation is 1. The number of nitrogens with zero attached hydrogens (tertiary/aromatic N) is 1. The van der Waals surface area contributed by atoms with Gasteiger partial charge in [-0.15, -0.1) is 0 Å². The van der Waals surface area contributed by atoms with E-state index < -0.39 is 5.91 Å². The number of amides is 2. The summed E-state index contributed by atoms with van der Waals surface area (Å²) in [5.74, 6) is -0.888. The molecule has 0 unspecified atom stereocenters. The van der Waals surface area contributed by atoms with Crippen molar-refractivity contribution in [2.75, 3.05) is 5.32 Å². The Balaban J connectivity index is 1.89. The molecule has 0 spiro atoms. The summed E-state index contributed by atoms with van der Waals surface area (Å²) in [5.41, 5.74) is 4.26. The highest BCUT2D eigenvalue weighted by Gasteiger charge is 2.14. The molecule has 6 nitrogen and oxygen atoms in total. The smallest absolute Gasteiger partial charge is 0.272 e. The molecule has 2 aromatic carbocycles. The van der Waals surface area contributed by atoms with Crippen LogP contribution in [0.4, 0.5) is 5.69 Å². The van der Waals surface area contributed by atoms with Crippen LogP contribution in [0.5, 0.6) is 0 Å². The Morgan fingerprint density at radius 1 is 1.08 bits per heavy atom. The Morgan fingerprint density at radius 3 is 2.56 bits per heavy atom. The van der Waals surface area contributed by atoms with Crippen molar-refractivity contribution in [3.8, 4) is 0 Å². The van der Waals surface area contributed by atoms with Gasteiger partial charge in [-0.3, -0.25) is 14.8 Å². The first-order chi connectivity index (χ1) is 12.1. The van der Waals surface area contributed by atoms with Crippen molar-refractivity contribution in [1.29, 1.82) is 0 Å². The third-order valence-electron chi connectivity index (χ3n) is 3.92. The van der Waals surface area contributed by atoms with E-state index in [0.29, 0.717) is 16.9 Å². The normalized spacial score (nSPS) is 11.0. The van der Waals surface area contributed by atoms with Gasteiger partial charge in [-0.2, -0.15) is 0 Å². The monoisotopic (exact) mass is 335 g/mol. The highest BCUT2D eigenvalue weighted by Crippen LogP contribution is 2.21. The van der Waals surface area contributed by atoms with Gasteiger partial charge in [-0.1, -0.05) is 36.4 Å².